The quantitative estimate of drug-likeness (QED) is 0.632. The molecule has 0 saturated heterocycles. The highest BCUT2D eigenvalue weighted by Crippen LogP contribution is 2.17. The molecule has 1 N–H and O–H groups in total. The van der Waals surface area contributed by atoms with E-state index in [2.05, 4.69) is 30.6 Å². The molecule has 1 rings (SSSR count). The van der Waals surface area contributed by atoms with E-state index in [0.717, 1.165) is 30.5 Å². The van der Waals surface area contributed by atoms with Crippen molar-refractivity contribution in [2.75, 3.05) is 25.1 Å². The molecule has 1 unspecified atom stereocenters. The van der Waals surface area contributed by atoms with E-state index < -0.39 is 0 Å². The number of hydrogen-bond donors (Lipinski definition) is 1. The molecule has 0 fully saturated rings. The summed E-state index contributed by atoms with van der Waals surface area (Å²) in [5.41, 5.74) is 1.40. The van der Waals surface area contributed by atoms with E-state index in [1.165, 1.54) is 30.6 Å². The summed E-state index contributed by atoms with van der Waals surface area (Å²) >= 11 is 7.88. The maximum absolute atomic E-state index is 5.94. The third-order valence-corrected chi connectivity index (χ3v) is 4.21. The Labute approximate surface area is 127 Å². The van der Waals surface area contributed by atoms with Crippen LogP contribution in [-0.4, -0.2) is 25.1 Å². The second-order valence-electron chi connectivity index (χ2n) is 5.04. The van der Waals surface area contributed by atoms with E-state index >= 15 is 0 Å². The van der Waals surface area contributed by atoms with Crippen LogP contribution in [0.4, 0.5) is 0 Å². The molecule has 0 saturated carbocycles. The van der Waals surface area contributed by atoms with Gasteiger partial charge in [0.2, 0.25) is 0 Å². The molecule has 0 heterocycles. The van der Waals surface area contributed by atoms with Gasteiger partial charge in [-0.3, -0.25) is 0 Å². The van der Waals surface area contributed by atoms with Crippen molar-refractivity contribution >= 4 is 23.4 Å². The van der Waals surface area contributed by atoms with Crippen LogP contribution in [0.1, 0.15) is 31.7 Å². The van der Waals surface area contributed by atoms with Crippen molar-refractivity contribution in [3.8, 4) is 0 Å². The van der Waals surface area contributed by atoms with Crippen molar-refractivity contribution in [3.63, 3.8) is 0 Å². The van der Waals surface area contributed by atoms with Crippen LogP contribution in [0.3, 0.4) is 0 Å². The van der Waals surface area contributed by atoms with E-state index in [-0.39, 0.29) is 0 Å². The summed E-state index contributed by atoms with van der Waals surface area (Å²) in [4.78, 5) is 0. The average molecular weight is 300 g/mol. The lowest BCUT2D eigenvalue weighted by molar-refractivity contribution is 0.440. The van der Waals surface area contributed by atoms with Gasteiger partial charge in [-0.25, -0.2) is 0 Å². The van der Waals surface area contributed by atoms with E-state index in [4.69, 9.17) is 11.6 Å². The Morgan fingerprint density at radius 1 is 1.26 bits per heavy atom. The van der Waals surface area contributed by atoms with Crippen LogP contribution in [-0.2, 0) is 6.42 Å². The monoisotopic (exact) mass is 299 g/mol. The van der Waals surface area contributed by atoms with E-state index in [1.807, 2.05) is 23.9 Å². The third kappa shape index (κ3) is 7.86. The highest BCUT2D eigenvalue weighted by atomic mass is 35.5. The van der Waals surface area contributed by atoms with Crippen molar-refractivity contribution in [2.24, 2.45) is 5.92 Å². The lowest BCUT2D eigenvalue weighted by Gasteiger charge is -2.17. The molecule has 0 spiro atoms. The summed E-state index contributed by atoms with van der Waals surface area (Å²) in [7, 11) is 0. The Bertz CT molecular complexity index is 316. The Morgan fingerprint density at radius 2 is 2.00 bits per heavy atom. The highest BCUT2D eigenvalue weighted by Gasteiger charge is 2.09. The summed E-state index contributed by atoms with van der Waals surface area (Å²) in [6, 6.07) is 8.30. The van der Waals surface area contributed by atoms with Gasteiger partial charge in [0.25, 0.3) is 0 Å². The van der Waals surface area contributed by atoms with Gasteiger partial charge >= 0.3 is 0 Å². The van der Waals surface area contributed by atoms with Crippen LogP contribution in [0.25, 0.3) is 0 Å². The van der Waals surface area contributed by atoms with Gasteiger partial charge in [-0.2, -0.15) is 11.8 Å². The Balaban J connectivity index is 2.44. The zero-order chi connectivity index (χ0) is 13.9. The molecule has 0 aliphatic rings. The first-order chi connectivity index (χ1) is 9.26. The number of rotatable bonds is 10. The van der Waals surface area contributed by atoms with Crippen LogP contribution >= 0.6 is 23.4 Å². The molecule has 0 aromatic heterocycles. The fraction of sp³-hybridized carbons (Fsp3) is 0.625. The van der Waals surface area contributed by atoms with Gasteiger partial charge in [0.1, 0.15) is 0 Å². The number of hydrogen-bond acceptors (Lipinski definition) is 2. The normalized spacial score (nSPS) is 12.6. The highest BCUT2D eigenvalue weighted by molar-refractivity contribution is 7.98. The molecule has 1 nitrogen and oxygen atoms in total. The van der Waals surface area contributed by atoms with E-state index in [0.29, 0.717) is 0 Å². The zero-order valence-electron chi connectivity index (χ0n) is 12.1. The van der Waals surface area contributed by atoms with Gasteiger partial charge in [-0.05, 0) is 74.4 Å². The lowest BCUT2D eigenvalue weighted by Crippen LogP contribution is -2.25. The first kappa shape index (κ1) is 16.9. The molecule has 1 atom stereocenters. The minimum Gasteiger partial charge on any atom is -0.316 e. The SMILES string of the molecule is CCCNCC(CCCSC)Cc1ccc(Cl)cc1. The van der Waals surface area contributed by atoms with Crippen LogP contribution < -0.4 is 5.32 Å². The Kier molecular flexibility index (Phi) is 9.40. The van der Waals surface area contributed by atoms with E-state index in [9.17, 15) is 0 Å². The maximum atomic E-state index is 5.94. The number of thioether (sulfide) groups is 1. The van der Waals surface area contributed by atoms with Crippen molar-refractivity contribution in [3.05, 3.63) is 34.9 Å². The van der Waals surface area contributed by atoms with Gasteiger partial charge < -0.3 is 5.32 Å². The Morgan fingerprint density at radius 3 is 2.63 bits per heavy atom. The molecule has 108 valence electrons. The molecule has 0 aliphatic heterocycles. The maximum Gasteiger partial charge on any atom is 0.0406 e. The number of benzene rings is 1. The molecule has 0 bridgehead atoms. The molecule has 1 aromatic carbocycles. The summed E-state index contributed by atoms with van der Waals surface area (Å²) in [5.74, 6) is 2.00. The minimum atomic E-state index is 0.736. The molecule has 3 heteroatoms. The summed E-state index contributed by atoms with van der Waals surface area (Å²) in [6.07, 6.45) is 7.16. The predicted molar refractivity (Wildman–Crippen MR) is 89.4 cm³/mol. The largest absolute Gasteiger partial charge is 0.316 e. The first-order valence-electron chi connectivity index (χ1n) is 7.20. The number of nitrogens with one attached hydrogen (secondary N) is 1. The third-order valence-electron chi connectivity index (χ3n) is 3.26. The van der Waals surface area contributed by atoms with Crippen molar-refractivity contribution < 1.29 is 0 Å². The van der Waals surface area contributed by atoms with Crippen molar-refractivity contribution in [1.29, 1.82) is 0 Å². The molecular weight excluding hydrogens is 274 g/mol. The molecule has 0 amide bonds. The molecule has 1 aromatic rings. The van der Waals surface area contributed by atoms with Crippen molar-refractivity contribution in [2.45, 2.75) is 32.6 Å². The van der Waals surface area contributed by atoms with E-state index in [1.54, 1.807) is 0 Å². The standard InChI is InChI=1S/C16H26ClNS/c1-3-10-18-13-15(5-4-11-19-2)12-14-6-8-16(17)9-7-14/h6-9,15,18H,3-5,10-13H2,1-2H3. The summed E-state index contributed by atoms with van der Waals surface area (Å²) in [6.45, 7) is 4.47. The van der Waals surface area contributed by atoms with Crippen LogP contribution in [0.2, 0.25) is 5.02 Å². The van der Waals surface area contributed by atoms with Gasteiger partial charge in [0, 0.05) is 5.02 Å². The molecule has 0 radical (unpaired) electrons. The topological polar surface area (TPSA) is 12.0 Å². The molecule has 19 heavy (non-hydrogen) atoms. The fourth-order valence-electron chi connectivity index (χ4n) is 2.23. The van der Waals surface area contributed by atoms with Gasteiger partial charge in [0.05, 0.1) is 0 Å². The lowest BCUT2D eigenvalue weighted by atomic mass is 9.95. The second kappa shape index (κ2) is 10.6. The zero-order valence-corrected chi connectivity index (χ0v) is 13.7. The van der Waals surface area contributed by atoms with Gasteiger partial charge in [-0.1, -0.05) is 30.7 Å². The second-order valence-corrected chi connectivity index (χ2v) is 6.46. The summed E-state index contributed by atoms with van der Waals surface area (Å²) < 4.78 is 0. The predicted octanol–water partition coefficient (Wildman–Crippen LogP) is 4.64. The van der Waals surface area contributed by atoms with Crippen LogP contribution in [0.15, 0.2) is 24.3 Å². The summed E-state index contributed by atoms with van der Waals surface area (Å²) in [5, 5.41) is 4.39. The first-order valence-corrected chi connectivity index (χ1v) is 8.97. The smallest absolute Gasteiger partial charge is 0.0406 e. The van der Waals surface area contributed by atoms with Gasteiger partial charge in [-0.15, -0.1) is 0 Å². The minimum absolute atomic E-state index is 0.736. The Hall–Kier alpha value is -0.180. The fourth-order valence-corrected chi connectivity index (χ4v) is 2.81. The molecular formula is C16H26ClNS. The van der Waals surface area contributed by atoms with Gasteiger partial charge in [0.15, 0.2) is 0 Å². The van der Waals surface area contributed by atoms with Crippen LogP contribution in [0, 0.1) is 5.92 Å². The molecule has 0 aliphatic carbocycles. The number of halogens is 1. The van der Waals surface area contributed by atoms with Crippen LogP contribution in [0.5, 0.6) is 0 Å². The average Bonchev–Trinajstić information content (AvgIpc) is 2.41. The van der Waals surface area contributed by atoms with Crippen molar-refractivity contribution in [1.82, 2.24) is 5.32 Å².